The molecule has 0 aliphatic heterocycles. The van der Waals surface area contributed by atoms with Gasteiger partial charge in [0.2, 0.25) is 0 Å². The summed E-state index contributed by atoms with van der Waals surface area (Å²) in [6.07, 6.45) is 1.51. The number of hydrogen-bond donors (Lipinski definition) is 4. The van der Waals surface area contributed by atoms with Crippen molar-refractivity contribution in [3.8, 4) is 0 Å². The van der Waals surface area contributed by atoms with Gasteiger partial charge >= 0.3 is 18.0 Å². The average Bonchev–Trinajstić information content (AvgIpc) is 3.09. The van der Waals surface area contributed by atoms with E-state index in [9.17, 15) is 14.4 Å². The van der Waals surface area contributed by atoms with Crippen LogP contribution in [-0.2, 0) is 4.74 Å². The van der Waals surface area contributed by atoms with Gasteiger partial charge in [-0.1, -0.05) is 6.07 Å². The fourth-order valence-corrected chi connectivity index (χ4v) is 2.40. The lowest BCUT2D eigenvalue weighted by molar-refractivity contribution is 0.0526. The van der Waals surface area contributed by atoms with E-state index in [1.807, 2.05) is 0 Å². The van der Waals surface area contributed by atoms with Crippen LogP contribution in [0, 0.1) is 0 Å². The molecule has 0 atom stereocenters. The van der Waals surface area contributed by atoms with E-state index in [0.29, 0.717) is 22.7 Å². The summed E-state index contributed by atoms with van der Waals surface area (Å²) in [6, 6.07) is 8.66. The summed E-state index contributed by atoms with van der Waals surface area (Å²) < 4.78 is 6.36. The van der Waals surface area contributed by atoms with Crippen LogP contribution in [0.15, 0.2) is 42.6 Å². The fraction of sp³-hybridized carbons (Fsp3) is 0.167. The van der Waals surface area contributed by atoms with Crippen LogP contribution in [0.25, 0.3) is 5.65 Å². The number of nitrogens with zero attached hydrogens (tertiary/aromatic N) is 3. The number of hydrogen-bond acceptors (Lipinski definition) is 6. The third kappa shape index (κ3) is 4.97. The van der Waals surface area contributed by atoms with Crippen LogP contribution in [0.2, 0.25) is 0 Å². The van der Waals surface area contributed by atoms with E-state index in [1.54, 1.807) is 37.3 Å². The van der Waals surface area contributed by atoms with Crippen LogP contribution in [0.1, 0.15) is 17.3 Å². The summed E-state index contributed by atoms with van der Waals surface area (Å²) in [7, 11) is 1.49. The highest BCUT2D eigenvalue weighted by atomic mass is 16.5. The first kappa shape index (κ1) is 19.6. The van der Waals surface area contributed by atoms with E-state index in [0.717, 1.165) is 0 Å². The van der Waals surface area contributed by atoms with Crippen molar-refractivity contribution in [1.82, 2.24) is 19.9 Å². The molecule has 0 spiro atoms. The number of rotatable bonds is 5. The molecule has 0 saturated heterocycles. The number of amides is 4. The molecule has 0 bridgehead atoms. The van der Waals surface area contributed by atoms with Crippen molar-refractivity contribution in [2.45, 2.75) is 6.92 Å². The second-order valence-electron chi connectivity index (χ2n) is 5.73. The zero-order valence-corrected chi connectivity index (χ0v) is 15.7. The van der Waals surface area contributed by atoms with Crippen LogP contribution in [-0.4, -0.2) is 46.3 Å². The van der Waals surface area contributed by atoms with Crippen molar-refractivity contribution in [3.63, 3.8) is 0 Å². The van der Waals surface area contributed by atoms with Crippen LogP contribution < -0.4 is 21.3 Å². The second-order valence-corrected chi connectivity index (χ2v) is 5.73. The molecule has 150 valence electrons. The number of imidazole rings is 1. The second kappa shape index (κ2) is 8.69. The molecular weight excluding hydrogens is 378 g/mol. The maximum atomic E-state index is 12.2. The molecule has 0 radical (unpaired) electrons. The molecule has 4 amide bonds. The number of esters is 1. The number of carbonyl (C=O) groups is 3. The Kier molecular flexibility index (Phi) is 5.88. The Morgan fingerprint density at radius 1 is 1.03 bits per heavy atom. The molecule has 0 fully saturated rings. The minimum atomic E-state index is -0.540. The maximum Gasteiger partial charge on any atom is 0.338 e. The molecule has 0 aliphatic rings. The summed E-state index contributed by atoms with van der Waals surface area (Å²) in [6.45, 7) is 1.98. The zero-order chi connectivity index (χ0) is 20.8. The van der Waals surface area contributed by atoms with E-state index in [1.165, 1.54) is 23.8 Å². The minimum absolute atomic E-state index is 0.264. The van der Waals surface area contributed by atoms with Crippen LogP contribution >= 0.6 is 0 Å². The minimum Gasteiger partial charge on any atom is -0.462 e. The molecule has 0 saturated carbocycles. The predicted octanol–water partition coefficient (Wildman–Crippen LogP) is 2.30. The summed E-state index contributed by atoms with van der Waals surface area (Å²) in [5.41, 5.74) is 1.25. The summed E-state index contributed by atoms with van der Waals surface area (Å²) in [5.74, 6) is 0.111. The van der Waals surface area contributed by atoms with Crippen molar-refractivity contribution in [1.29, 1.82) is 0 Å². The number of aromatic nitrogens is 3. The van der Waals surface area contributed by atoms with Crippen molar-refractivity contribution in [2.24, 2.45) is 0 Å². The van der Waals surface area contributed by atoms with E-state index < -0.39 is 18.0 Å². The number of urea groups is 2. The van der Waals surface area contributed by atoms with Gasteiger partial charge in [-0.05, 0) is 37.3 Å². The SMILES string of the molecule is CCOC(=O)c1cccc(NC(=O)Nc2ccc3nc(NC(=O)NC)cn3n2)c1. The Hall–Kier alpha value is -4.15. The highest BCUT2D eigenvalue weighted by Crippen LogP contribution is 2.14. The van der Waals surface area contributed by atoms with E-state index in [2.05, 4.69) is 31.3 Å². The van der Waals surface area contributed by atoms with Crippen LogP contribution in [0.5, 0.6) is 0 Å². The van der Waals surface area contributed by atoms with Gasteiger partial charge in [-0.15, -0.1) is 5.10 Å². The normalized spacial score (nSPS) is 10.3. The number of ether oxygens (including phenoxy) is 1. The molecule has 11 nitrogen and oxygen atoms in total. The molecule has 29 heavy (non-hydrogen) atoms. The van der Waals surface area contributed by atoms with Gasteiger partial charge in [0.25, 0.3) is 0 Å². The smallest absolute Gasteiger partial charge is 0.338 e. The van der Waals surface area contributed by atoms with Gasteiger partial charge < -0.3 is 15.4 Å². The number of nitrogens with one attached hydrogen (secondary N) is 4. The topological polar surface area (TPSA) is 139 Å². The first-order valence-corrected chi connectivity index (χ1v) is 8.69. The summed E-state index contributed by atoms with van der Waals surface area (Å²) in [4.78, 5) is 39.6. The Morgan fingerprint density at radius 2 is 1.83 bits per heavy atom. The number of carbonyl (C=O) groups excluding carboxylic acids is 3. The first-order chi connectivity index (χ1) is 14.0. The molecule has 11 heteroatoms. The van der Waals surface area contributed by atoms with Gasteiger partial charge in [-0.2, -0.15) is 0 Å². The lowest BCUT2D eigenvalue weighted by atomic mass is 10.2. The highest BCUT2D eigenvalue weighted by Gasteiger charge is 2.10. The monoisotopic (exact) mass is 397 g/mol. The summed E-state index contributed by atoms with van der Waals surface area (Å²) in [5, 5.41) is 14.4. The van der Waals surface area contributed by atoms with Crippen LogP contribution in [0.3, 0.4) is 0 Å². The Bertz CT molecular complexity index is 1060. The maximum absolute atomic E-state index is 12.2. The standard InChI is InChI=1S/C18H19N7O4/c1-3-29-16(26)11-5-4-6-12(9-11)20-18(28)22-13-7-8-15-21-14(10-25(15)24-13)23-17(27)19-2/h4-10H,3H2,1-2H3,(H2,19,23,27)(H2,20,22,24,28). The Morgan fingerprint density at radius 3 is 2.59 bits per heavy atom. The molecule has 0 aliphatic carbocycles. The number of anilines is 3. The molecular formula is C18H19N7O4. The van der Waals surface area contributed by atoms with E-state index in [4.69, 9.17) is 4.74 Å². The quantitative estimate of drug-likeness (QED) is 0.487. The van der Waals surface area contributed by atoms with Gasteiger partial charge in [-0.25, -0.2) is 23.9 Å². The zero-order valence-electron chi connectivity index (χ0n) is 15.7. The fourth-order valence-electron chi connectivity index (χ4n) is 2.40. The van der Waals surface area contributed by atoms with Crippen molar-refractivity contribution in [3.05, 3.63) is 48.2 Å². The molecule has 0 unspecified atom stereocenters. The van der Waals surface area contributed by atoms with Gasteiger partial charge in [0.15, 0.2) is 17.3 Å². The molecule has 2 aromatic heterocycles. The molecule has 3 rings (SSSR count). The van der Waals surface area contributed by atoms with Crippen molar-refractivity contribution < 1.29 is 19.1 Å². The first-order valence-electron chi connectivity index (χ1n) is 8.69. The largest absolute Gasteiger partial charge is 0.462 e. The Balaban J connectivity index is 1.67. The molecule has 3 aromatic rings. The average molecular weight is 397 g/mol. The van der Waals surface area contributed by atoms with Gasteiger partial charge in [0, 0.05) is 12.7 Å². The van der Waals surface area contributed by atoms with Gasteiger partial charge in [-0.3, -0.25) is 10.6 Å². The molecule has 2 heterocycles. The highest BCUT2D eigenvalue weighted by molar-refractivity contribution is 6.00. The predicted molar refractivity (Wildman–Crippen MR) is 106 cm³/mol. The van der Waals surface area contributed by atoms with E-state index >= 15 is 0 Å². The van der Waals surface area contributed by atoms with Crippen LogP contribution in [0.4, 0.5) is 26.9 Å². The third-order valence-electron chi connectivity index (χ3n) is 3.66. The van der Waals surface area contributed by atoms with Crippen molar-refractivity contribution in [2.75, 3.05) is 29.6 Å². The molecule has 4 N–H and O–H groups in total. The third-order valence-corrected chi connectivity index (χ3v) is 3.66. The number of fused-ring (bicyclic) bond motifs is 1. The van der Waals surface area contributed by atoms with Gasteiger partial charge in [0.1, 0.15) is 0 Å². The number of benzene rings is 1. The lowest BCUT2D eigenvalue weighted by Gasteiger charge is -2.08. The van der Waals surface area contributed by atoms with E-state index in [-0.39, 0.29) is 12.4 Å². The van der Waals surface area contributed by atoms with Gasteiger partial charge in [0.05, 0.1) is 18.4 Å². The Labute approximate surface area is 165 Å². The lowest BCUT2D eigenvalue weighted by Crippen LogP contribution is -2.24. The molecule has 1 aromatic carbocycles. The summed E-state index contributed by atoms with van der Waals surface area (Å²) >= 11 is 0. The van der Waals surface area contributed by atoms with Crippen molar-refractivity contribution >= 4 is 41.0 Å².